The van der Waals surface area contributed by atoms with Gasteiger partial charge in [0.25, 0.3) is 0 Å². The Morgan fingerprint density at radius 2 is 1.74 bits per heavy atom. The number of allylic oxidation sites excluding steroid dienone is 1. The van der Waals surface area contributed by atoms with Crippen molar-refractivity contribution in [2.24, 2.45) is 28.1 Å². The Hall–Kier alpha value is -0.840. The smallest absolute Gasteiger partial charge is 0.186 e. The highest BCUT2D eigenvalue weighted by Gasteiger charge is 2.62. The average Bonchev–Trinajstić information content (AvgIpc) is 2.79. The highest BCUT2D eigenvalue weighted by atomic mass is 16.7. The third-order valence-electron chi connectivity index (χ3n) is 9.73. The highest BCUT2D eigenvalue weighted by molar-refractivity contribution is 5.29. The van der Waals surface area contributed by atoms with Crippen LogP contribution in [0.4, 0.5) is 0 Å². The van der Waals surface area contributed by atoms with Crippen LogP contribution in [0, 0.1) is 28.1 Å². The SMILES string of the molecule is C=CC1(C)CC2=CCC3C(C)(C)C(OC4OC(CO)C(O)C(O)C4O)CCC3(C)C2C(O)C1O. The summed E-state index contributed by atoms with van der Waals surface area (Å²) in [6.07, 6.45) is -1.80. The van der Waals surface area contributed by atoms with E-state index in [9.17, 15) is 30.6 Å². The molecule has 0 aromatic heterocycles. The van der Waals surface area contributed by atoms with E-state index in [0.717, 1.165) is 12.8 Å². The average molecular weight is 483 g/mol. The summed E-state index contributed by atoms with van der Waals surface area (Å²) in [4.78, 5) is 0. The van der Waals surface area contributed by atoms with Crippen molar-refractivity contribution >= 4 is 0 Å². The van der Waals surface area contributed by atoms with Gasteiger partial charge in [-0.2, -0.15) is 0 Å². The number of fused-ring (bicyclic) bond motifs is 3. The molecule has 6 N–H and O–H groups in total. The van der Waals surface area contributed by atoms with E-state index >= 15 is 0 Å². The number of aliphatic hydroxyl groups is 6. The number of hydrogen-bond acceptors (Lipinski definition) is 8. The van der Waals surface area contributed by atoms with Gasteiger partial charge in [-0.3, -0.25) is 0 Å². The van der Waals surface area contributed by atoms with Crippen LogP contribution in [0.25, 0.3) is 0 Å². The molecule has 12 atom stereocenters. The summed E-state index contributed by atoms with van der Waals surface area (Å²) in [5.41, 5.74) is -0.0177. The zero-order chi connectivity index (χ0) is 25.2. The van der Waals surface area contributed by atoms with Crippen LogP contribution >= 0.6 is 0 Å². The molecule has 3 aliphatic carbocycles. The molecular weight excluding hydrogens is 440 g/mol. The first kappa shape index (κ1) is 26.2. The quantitative estimate of drug-likeness (QED) is 0.325. The summed E-state index contributed by atoms with van der Waals surface area (Å²) in [6.45, 7) is 11.8. The molecule has 34 heavy (non-hydrogen) atoms. The van der Waals surface area contributed by atoms with Gasteiger partial charge in [0.05, 0.1) is 24.9 Å². The second-order valence-electron chi connectivity index (χ2n) is 12.1. The van der Waals surface area contributed by atoms with Gasteiger partial charge >= 0.3 is 0 Å². The lowest BCUT2D eigenvalue weighted by Gasteiger charge is -2.63. The molecule has 0 radical (unpaired) electrons. The first-order valence-electron chi connectivity index (χ1n) is 12.5. The van der Waals surface area contributed by atoms with E-state index < -0.39 is 54.9 Å². The monoisotopic (exact) mass is 482 g/mol. The molecular formula is C26H42O8. The summed E-state index contributed by atoms with van der Waals surface area (Å²) in [7, 11) is 0. The van der Waals surface area contributed by atoms with Crippen LogP contribution in [-0.2, 0) is 9.47 Å². The zero-order valence-corrected chi connectivity index (χ0v) is 20.7. The maximum atomic E-state index is 11.3. The van der Waals surface area contributed by atoms with E-state index in [1.807, 2.05) is 6.92 Å². The molecule has 3 fully saturated rings. The Morgan fingerprint density at radius 3 is 2.35 bits per heavy atom. The van der Waals surface area contributed by atoms with Crippen LogP contribution in [0.2, 0.25) is 0 Å². The normalized spacial score (nSPS) is 52.8. The Morgan fingerprint density at radius 1 is 1.06 bits per heavy atom. The molecule has 1 aliphatic heterocycles. The molecule has 8 heteroatoms. The maximum absolute atomic E-state index is 11.3. The molecule has 4 rings (SSSR count). The Balaban J connectivity index is 1.59. The number of aliphatic hydroxyl groups excluding tert-OH is 6. The van der Waals surface area contributed by atoms with Crippen molar-refractivity contribution in [2.45, 2.75) is 102 Å². The van der Waals surface area contributed by atoms with Crippen LogP contribution in [0.5, 0.6) is 0 Å². The van der Waals surface area contributed by atoms with E-state index in [0.29, 0.717) is 12.8 Å². The van der Waals surface area contributed by atoms with Gasteiger partial charge in [-0.25, -0.2) is 0 Å². The van der Waals surface area contributed by atoms with Crippen LogP contribution in [0.15, 0.2) is 24.3 Å². The van der Waals surface area contributed by atoms with Crippen molar-refractivity contribution in [3.8, 4) is 0 Å². The number of rotatable bonds is 4. The maximum Gasteiger partial charge on any atom is 0.186 e. The van der Waals surface area contributed by atoms with Gasteiger partial charge in [-0.1, -0.05) is 45.4 Å². The molecule has 0 aromatic carbocycles. The van der Waals surface area contributed by atoms with Crippen LogP contribution < -0.4 is 0 Å². The molecule has 4 aliphatic rings. The lowest BCUT2D eigenvalue weighted by molar-refractivity contribution is -0.327. The van der Waals surface area contributed by atoms with Crippen molar-refractivity contribution in [1.82, 2.24) is 0 Å². The van der Waals surface area contributed by atoms with Crippen LogP contribution in [0.1, 0.15) is 53.4 Å². The topological polar surface area (TPSA) is 140 Å². The molecule has 0 amide bonds. The molecule has 12 unspecified atom stereocenters. The third kappa shape index (κ3) is 3.82. The predicted octanol–water partition coefficient (Wildman–Crippen LogP) is 0.878. The summed E-state index contributed by atoms with van der Waals surface area (Å²) < 4.78 is 11.9. The molecule has 2 saturated carbocycles. The number of hydrogen-bond donors (Lipinski definition) is 6. The minimum absolute atomic E-state index is 0.132. The number of ether oxygens (including phenoxy) is 2. The van der Waals surface area contributed by atoms with Gasteiger partial charge < -0.3 is 40.1 Å². The van der Waals surface area contributed by atoms with Crippen molar-refractivity contribution < 1.29 is 40.1 Å². The van der Waals surface area contributed by atoms with Crippen LogP contribution in [-0.4, -0.2) is 86.3 Å². The lowest BCUT2D eigenvalue weighted by Crippen LogP contribution is -2.63. The Labute approximate surface area is 201 Å². The minimum Gasteiger partial charge on any atom is -0.394 e. The van der Waals surface area contributed by atoms with Gasteiger partial charge in [0, 0.05) is 11.3 Å². The molecule has 0 spiro atoms. The van der Waals surface area contributed by atoms with E-state index in [2.05, 4.69) is 33.4 Å². The second kappa shape index (κ2) is 8.92. The van der Waals surface area contributed by atoms with Gasteiger partial charge in [0.1, 0.15) is 24.4 Å². The van der Waals surface area contributed by atoms with Gasteiger partial charge in [0.15, 0.2) is 6.29 Å². The summed E-state index contributed by atoms with van der Waals surface area (Å²) in [6, 6.07) is 0. The first-order chi connectivity index (χ1) is 15.8. The van der Waals surface area contributed by atoms with Crippen LogP contribution in [0.3, 0.4) is 0 Å². The van der Waals surface area contributed by atoms with E-state index in [-0.39, 0.29) is 28.8 Å². The van der Waals surface area contributed by atoms with E-state index in [1.54, 1.807) is 6.08 Å². The Bertz CT molecular complexity index is 811. The highest BCUT2D eigenvalue weighted by Crippen LogP contribution is 2.64. The summed E-state index contributed by atoms with van der Waals surface area (Å²) in [5.74, 6) is -0.0333. The summed E-state index contributed by atoms with van der Waals surface area (Å²) >= 11 is 0. The molecule has 194 valence electrons. The fourth-order valence-corrected chi connectivity index (χ4v) is 7.51. The van der Waals surface area contributed by atoms with Gasteiger partial charge in [-0.15, -0.1) is 6.58 Å². The zero-order valence-electron chi connectivity index (χ0n) is 20.7. The van der Waals surface area contributed by atoms with E-state index in [1.165, 1.54) is 5.57 Å². The largest absolute Gasteiger partial charge is 0.394 e. The fourth-order valence-electron chi connectivity index (χ4n) is 7.51. The third-order valence-corrected chi connectivity index (χ3v) is 9.73. The van der Waals surface area contributed by atoms with Crippen molar-refractivity contribution in [1.29, 1.82) is 0 Å². The second-order valence-corrected chi connectivity index (χ2v) is 12.1. The van der Waals surface area contributed by atoms with E-state index in [4.69, 9.17) is 9.47 Å². The lowest BCUT2D eigenvalue weighted by atomic mass is 9.44. The van der Waals surface area contributed by atoms with Gasteiger partial charge in [0.2, 0.25) is 0 Å². The first-order valence-corrected chi connectivity index (χ1v) is 12.5. The minimum atomic E-state index is -1.48. The van der Waals surface area contributed by atoms with Gasteiger partial charge in [-0.05, 0) is 42.4 Å². The molecule has 0 aromatic rings. The standard InChI is InChI=1S/C26H42O8/c1-6-25(4)11-13-7-8-15-24(2,3)16(9-10-26(15,5)17(13)19(29)22(25)32)34-23-21(31)20(30)18(28)14(12-27)33-23/h6-7,14-23,27-32H,1,8-12H2,2-5H3. The van der Waals surface area contributed by atoms with Crippen molar-refractivity contribution in [2.75, 3.05) is 6.61 Å². The van der Waals surface area contributed by atoms with Crippen molar-refractivity contribution in [3.05, 3.63) is 24.3 Å². The summed E-state index contributed by atoms with van der Waals surface area (Å²) in [5, 5.41) is 62.5. The Kier molecular flexibility index (Phi) is 6.88. The molecule has 1 heterocycles. The molecule has 1 saturated heterocycles. The molecule has 0 bridgehead atoms. The fraction of sp³-hybridized carbons (Fsp3) is 0.846. The molecule has 8 nitrogen and oxygen atoms in total. The van der Waals surface area contributed by atoms with Crippen molar-refractivity contribution in [3.63, 3.8) is 0 Å². The predicted molar refractivity (Wildman–Crippen MR) is 124 cm³/mol.